The second-order valence-electron chi connectivity index (χ2n) is 9.77. The van der Waals surface area contributed by atoms with Crippen LogP contribution in [0, 0.1) is 17.3 Å². The Morgan fingerprint density at radius 1 is 0.886 bits per heavy atom. The normalized spacial score (nSPS) is 23.5. The van der Waals surface area contributed by atoms with E-state index < -0.39 is 69.2 Å². The predicted octanol–water partition coefficient (Wildman–Crippen LogP) is 1.85. The Balaban J connectivity index is 1.93. The van der Waals surface area contributed by atoms with Crippen LogP contribution in [0.15, 0.2) is 12.2 Å². The summed E-state index contributed by atoms with van der Waals surface area (Å²) in [5.41, 5.74) is -1.49. The minimum Gasteiger partial charge on any atom is -0.463 e. The van der Waals surface area contributed by atoms with Gasteiger partial charge in [0.25, 0.3) is 0 Å². The lowest BCUT2D eigenvalue weighted by molar-refractivity contribution is -0.171. The number of rotatable bonds is 12. The number of aldehydes is 1. The first-order valence-electron chi connectivity index (χ1n) is 11.1. The van der Waals surface area contributed by atoms with Gasteiger partial charge in [0.2, 0.25) is 5.91 Å². The number of fused-ring (bicyclic) bond motifs is 2. The van der Waals surface area contributed by atoms with Crippen molar-refractivity contribution < 1.29 is 42.9 Å². The minimum absolute atomic E-state index is 0.00767. The molecule has 1 fully saturated rings. The average Bonchev–Trinajstić information content (AvgIpc) is 3.38. The largest absolute Gasteiger partial charge is 0.463 e. The molecule has 1 saturated heterocycles. The molecule has 0 saturated carbocycles. The minimum atomic E-state index is -1.49. The summed E-state index contributed by atoms with van der Waals surface area (Å²) >= 11 is 6.39. The summed E-state index contributed by atoms with van der Waals surface area (Å²) in [5.74, 6) is -3.56. The van der Waals surface area contributed by atoms with Crippen LogP contribution in [0.4, 0.5) is 0 Å². The maximum atomic E-state index is 12.9. The third kappa shape index (κ3) is 7.60. The van der Waals surface area contributed by atoms with E-state index in [1.54, 1.807) is 39.8 Å². The molecule has 1 N–H and O–H groups in total. The van der Waals surface area contributed by atoms with Gasteiger partial charge in [-0.1, -0.05) is 44.0 Å². The van der Waals surface area contributed by atoms with Gasteiger partial charge < -0.3 is 29.1 Å². The van der Waals surface area contributed by atoms with Crippen LogP contribution in [0.5, 0.6) is 0 Å². The number of nitrogens with one attached hydrogen (secondary N) is 1. The molecule has 4 atom stereocenters. The lowest BCUT2D eigenvalue weighted by atomic mass is 9.83. The molecular weight excluding hydrogens is 594 g/mol. The average molecular weight is 625 g/mol. The van der Waals surface area contributed by atoms with Gasteiger partial charge in [0, 0.05) is 0 Å². The maximum Gasteiger partial charge on any atom is 0.322 e. The number of ether oxygens (including phenoxy) is 4. The third-order valence-corrected chi connectivity index (χ3v) is 6.20. The van der Waals surface area contributed by atoms with Crippen molar-refractivity contribution in [2.24, 2.45) is 17.3 Å². The van der Waals surface area contributed by atoms with Crippen molar-refractivity contribution >= 4 is 62.0 Å². The van der Waals surface area contributed by atoms with Crippen LogP contribution in [-0.2, 0) is 42.9 Å². The Morgan fingerprint density at radius 3 is 1.89 bits per heavy atom. The summed E-state index contributed by atoms with van der Waals surface area (Å²) in [4.78, 5) is 61.1. The molecular formula is C23H31Br2NO9. The van der Waals surface area contributed by atoms with Crippen molar-refractivity contribution in [2.45, 2.75) is 55.5 Å². The molecule has 0 radical (unpaired) electrons. The van der Waals surface area contributed by atoms with Gasteiger partial charge in [-0.15, -0.1) is 0 Å². The SMILES string of the molecule is CC(C)(Br)C(=O)OCC(C)(COC(=O)C(C)(C)Br)C(=O)OCCNC(=O)[C@H]1C2C=CC(O2)[C@H]1C=O. The van der Waals surface area contributed by atoms with Crippen molar-refractivity contribution in [1.82, 2.24) is 5.32 Å². The molecule has 2 unspecified atom stereocenters. The van der Waals surface area contributed by atoms with Crippen LogP contribution >= 0.6 is 31.9 Å². The standard InChI is InChI=1S/C23H31Br2NO9/c1-21(2,24)18(29)33-11-23(5,12-34-19(30)22(3,4)25)20(31)32-9-8-26-17(28)16-13(10-27)14-6-7-15(16)35-14/h6-7,10,13-16H,8-9,11-12H2,1-5H3,(H,26,28)/t13-,14?,15?,16-/m1/s1. The van der Waals surface area contributed by atoms with E-state index in [1.807, 2.05) is 0 Å². The summed E-state index contributed by atoms with van der Waals surface area (Å²) < 4.78 is 19.4. The molecule has 2 bridgehead atoms. The number of alkyl halides is 2. The zero-order chi connectivity index (χ0) is 26.6. The molecule has 10 nitrogen and oxygen atoms in total. The van der Waals surface area contributed by atoms with Crippen LogP contribution in [0.1, 0.15) is 34.6 Å². The zero-order valence-electron chi connectivity index (χ0n) is 20.3. The van der Waals surface area contributed by atoms with E-state index in [0.29, 0.717) is 0 Å². The molecule has 12 heteroatoms. The highest BCUT2D eigenvalue weighted by Crippen LogP contribution is 2.38. The van der Waals surface area contributed by atoms with Gasteiger partial charge >= 0.3 is 17.9 Å². The Kier molecular flexibility index (Phi) is 9.68. The van der Waals surface area contributed by atoms with Crippen LogP contribution in [-0.4, -0.2) is 77.3 Å². The Bertz CT molecular complexity index is 845. The van der Waals surface area contributed by atoms with E-state index >= 15 is 0 Å². The molecule has 196 valence electrons. The van der Waals surface area contributed by atoms with Gasteiger partial charge in [-0.25, -0.2) is 0 Å². The van der Waals surface area contributed by atoms with Crippen molar-refractivity contribution in [2.75, 3.05) is 26.4 Å². The topological polar surface area (TPSA) is 134 Å². The maximum absolute atomic E-state index is 12.9. The fourth-order valence-electron chi connectivity index (χ4n) is 3.39. The molecule has 2 aliphatic rings. The number of amides is 1. The second-order valence-corrected chi connectivity index (χ2v) is 13.7. The summed E-state index contributed by atoms with van der Waals surface area (Å²) in [5, 5.41) is 2.65. The zero-order valence-corrected chi connectivity index (χ0v) is 23.5. The predicted molar refractivity (Wildman–Crippen MR) is 131 cm³/mol. The Morgan fingerprint density at radius 2 is 1.40 bits per heavy atom. The molecule has 0 aromatic carbocycles. The van der Waals surface area contributed by atoms with Crippen LogP contribution in [0.2, 0.25) is 0 Å². The van der Waals surface area contributed by atoms with Gasteiger partial charge in [-0.3, -0.25) is 19.2 Å². The first kappa shape index (κ1) is 29.4. The molecule has 1 amide bonds. The van der Waals surface area contributed by atoms with Gasteiger partial charge in [0.15, 0.2) is 0 Å². The van der Waals surface area contributed by atoms with E-state index in [1.165, 1.54) is 6.92 Å². The number of halogens is 2. The quantitative estimate of drug-likeness (QED) is 0.0862. The molecule has 2 rings (SSSR count). The van der Waals surface area contributed by atoms with E-state index in [2.05, 4.69) is 37.2 Å². The van der Waals surface area contributed by atoms with Crippen LogP contribution in [0.3, 0.4) is 0 Å². The van der Waals surface area contributed by atoms with Crippen molar-refractivity contribution in [3.05, 3.63) is 12.2 Å². The van der Waals surface area contributed by atoms with Gasteiger partial charge in [-0.2, -0.15) is 0 Å². The lowest BCUT2D eigenvalue weighted by Crippen LogP contribution is -2.44. The van der Waals surface area contributed by atoms with E-state index in [4.69, 9.17) is 18.9 Å². The molecule has 2 heterocycles. The van der Waals surface area contributed by atoms with E-state index in [0.717, 1.165) is 6.29 Å². The van der Waals surface area contributed by atoms with Gasteiger partial charge in [0.05, 0.1) is 30.6 Å². The summed E-state index contributed by atoms with van der Waals surface area (Å²) in [6.45, 7) is 6.84. The fourth-order valence-corrected chi connectivity index (χ4v) is 3.62. The first-order chi connectivity index (χ1) is 16.1. The van der Waals surface area contributed by atoms with Gasteiger partial charge in [0.1, 0.15) is 40.2 Å². The molecule has 2 aliphatic heterocycles. The number of carbonyl (C=O) groups is 5. The van der Waals surface area contributed by atoms with Crippen molar-refractivity contribution in [1.29, 1.82) is 0 Å². The summed E-state index contributed by atoms with van der Waals surface area (Å²) in [7, 11) is 0. The number of hydrogen-bond donors (Lipinski definition) is 1. The summed E-state index contributed by atoms with van der Waals surface area (Å²) in [6.07, 6.45) is 3.39. The number of esters is 3. The van der Waals surface area contributed by atoms with Gasteiger partial charge in [-0.05, 0) is 34.6 Å². The molecule has 35 heavy (non-hydrogen) atoms. The fraction of sp³-hybridized carbons (Fsp3) is 0.696. The molecule has 0 spiro atoms. The molecule has 0 aliphatic carbocycles. The smallest absolute Gasteiger partial charge is 0.322 e. The highest BCUT2D eigenvalue weighted by Gasteiger charge is 2.49. The molecule has 0 aromatic heterocycles. The number of carbonyl (C=O) groups excluding carboxylic acids is 5. The monoisotopic (exact) mass is 623 g/mol. The first-order valence-corrected chi connectivity index (χ1v) is 12.6. The van der Waals surface area contributed by atoms with Crippen LogP contribution < -0.4 is 5.32 Å². The Hall–Kier alpha value is -1.79. The van der Waals surface area contributed by atoms with Crippen LogP contribution in [0.25, 0.3) is 0 Å². The van der Waals surface area contributed by atoms with E-state index in [-0.39, 0.29) is 19.1 Å². The van der Waals surface area contributed by atoms with Crippen molar-refractivity contribution in [3.8, 4) is 0 Å². The second kappa shape index (κ2) is 11.5. The van der Waals surface area contributed by atoms with Crippen molar-refractivity contribution in [3.63, 3.8) is 0 Å². The third-order valence-electron chi connectivity index (χ3n) is 5.55. The number of hydrogen-bond acceptors (Lipinski definition) is 9. The Labute approximate surface area is 221 Å². The molecule has 0 aromatic rings. The highest BCUT2D eigenvalue weighted by molar-refractivity contribution is 9.10. The lowest BCUT2D eigenvalue weighted by Gasteiger charge is -2.29. The highest BCUT2D eigenvalue weighted by atomic mass is 79.9. The van der Waals surface area contributed by atoms with E-state index in [9.17, 15) is 24.0 Å². The summed E-state index contributed by atoms with van der Waals surface area (Å²) in [6, 6.07) is 0.